The predicted octanol–water partition coefficient (Wildman–Crippen LogP) is 0.447. The van der Waals surface area contributed by atoms with Gasteiger partial charge in [-0.1, -0.05) is 6.08 Å². The van der Waals surface area contributed by atoms with E-state index in [1.165, 1.54) is 13.3 Å². The van der Waals surface area contributed by atoms with Gasteiger partial charge in [-0.25, -0.2) is 19.1 Å². The van der Waals surface area contributed by atoms with Crippen LogP contribution >= 0.6 is 0 Å². The van der Waals surface area contributed by atoms with Gasteiger partial charge >= 0.3 is 11.9 Å². The van der Waals surface area contributed by atoms with E-state index in [0.717, 1.165) is 0 Å². The van der Waals surface area contributed by atoms with Crippen LogP contribution in [0.15, 0.2) is 30.0 Å². The van der Waals surface area contributed by atoms with Crippen molar-refractivity contribution in [3.05, 3.63) is 25.1 Å². The minimum Gasteiger partial charge on any atom is -0.479 e. The smallest absolute Gasteiger partial charge is 0.360 e. The van der Waals surface area contributed by atoms with Crippen LogP contribution < -0.4 is 0 Å². The maximum absolute atomic E-state index is 11.0. The lowest BCUT2D eigenvalue weighted by atomic mass is 10.2. The summed E-state index contributed by atoms with van der Waals surface area (Å²) < 4.78 is 4.72. The molecule has 2 unspecified atom stereocenters. The first-order valence-electron chi connectivity index (χ1n) is 5.65. The zero-order valence-electron chi connectivity index (χ0n) is 10.7. The van der Waals surface area contributed by atoms with Crippen molar-refractivity contribution in [3.8, 4) is 0 Å². The third-order valence-electron chi connectivity index (χ3n) is 2.89. The Balaban J connectivity index is 3.03. The van der Waals surface area contributed by atoms with E-state index in [0.29, 0.717) is 12.3 Å². The molecule has 19 heavy (non-hydrogen) atoms. The fourth-order valence-electron chi connectivity index (χ4n) is 1.98. The zero-order chi connectivity index (χ0) is 14.5. The van der Waals surface area contributed by atoms with Crippen LogP contribution in [0.2, 0.25) is 0 Å². The zero-order valence-corrected chi connectivity index (χ0v) is 10.7. The van der Waals surface area contributed by atoms with Gasteiger partial charge < -0.3 is 14.9 Å². The molecule has 0 radical (unpaired) electrons. The van der Waals surface area contributed by atoms with Crippen LogP contribution in [-0.2, 0) is 14.3 Å². The number of amidine groups is 1. The van der Waals surface area contributed by atoms with Gasteiger partial charge in [-0.15, -0.1) is 6.58 Å². The number of carbonyl (C=O) groups is 2. The average Bonchev–Trinajstić information content (AvgIpc) is 2.69. The first kappa shape index (κ1) is 15.1. The monoisotopic (exact) mass is 269 g/mol. The van der Waals surface area contributed by atoms with E-state index in [9.17, 15) is 9.59 Å². The molecule has 0 spiro atoms. The minimum atomic E-state index is -1.14. The summed E-state index contributed by atoms with van der Waals surface area (Å²) in [5, 5.41) is 18.1. The van der Waals surface area contributed by atoms with Gasteiger partial charge in [0, 0.05) is 7.11 Å². The molecule has 0 aromatic rings. The van der Waals surface area contributed by atoms with Crippen molar-refractivity contribution >= 4 is 17.8 Å². The molecule has 0 saturated heterocycles. The van der Waals surface area contributed by atoms with Gasteiger partial charge in [-0.2, -0.15) is 0 Å². The van der Waals surface area contributed by atoms with E-state index < -0.39 is 18.0 Å². The van der Waals surface area contributed by atoms with Crippen LogP contribution in [0.5, 0.6) is 0 Å². The van der Waals surface area contributed by atoms with E-state index in [1.807, 2.05) is 0 Å². The molecule has 7 nitrogen and oxygen atoms in total. The first-order chi connectivity index (χ1) is 8.95. The number of rotatable bonds is 8. The van der Waals surface area contributed by atoms with Crippen LogP contribution in [0.1, 0.15) is 6.42 Å². The summed E-state index contributed by atoms with van der Waals surface area (Å²) in [5.41, 5.74) is 0. The summed E-state index contributed by atoms with van der Waals surface area (Å²) in [4.78, 5) is 26.2. The van der Waals surface area contributed by atoms with Gasteiger partial charge in [-0.3, -0.25) is 0 Å². The highest BCUT2D eigenvalue weighted by molar-refractivity contribution is 5.83. The Labute approximate surface area is 110 Å². The second-order valence-corrected chi connectivity index (χ2v) is 4.17. The van der Waals surface area contributed by atoms with Crippen molar-refractivity contribution < 1.29 is 29.0 Å². The highest BCUT2D eigenvalue weighted by Crippen LogP contribution is 2.21. The Hall–Kier alpha value is -1.99. The lowest BCUT2D eigenvalue weighted by molar-refractivity contribution is -0.782. The number of nitrogens with zero attached hydrogens (tertiary/aromatic N) is 2. The van der Waals surface area contributed by atoms with Gasteiger partial charge in [0.2, 0.25) is 11.9 Å². The van der Waals surface area contributed by atoms with Gasteiger partial charge in [0.05, 0.1) is 12.6 Å². The summed E-state index contributed by atoms with van der Waals surface area (Å²) in [5.74, 6) is -1.63. The van der Waals surface area contributed by atoms with Crippen molar-refractivity contribution in [1.29, 1.82) is 0 Å². The van der Waals surface area contributed by atoms with Gasteiger partial charge in [0.1, 0.15) is 12.7 Å². The summed E-state index contributed by atoms with van der Waals surface area (Å²) in [6.45, 7) is 3.28. The normalized spacial score (nSPS) is 22.9. The van der Waals surface area contributed by atoms with Crippen molar-refractivity contribution in [2.45, 2.75) is 12.5 Å². The number of hydrogen-bond donors (Lipinski definition) is 2. The summed E-state index contributed by atoms with van der Waals surface area (Å²) in [7, 11) is 1.28. The number of quaternary nitrogens is 1. The highest BCUT2D eigenvalue weighted by Gasteiger charge is 2.41. The van der Waals surface area contributed by atoms with E-state index >= 15 is 0 Å². The Bertz CT molecular complexity index is 443. The maximum Gasteiger partial charge on any atom is 0.360 e. The minimum absolute atomic E-state index is 0.0265. The third-order valence-corrected chi connectivity index (χ3v) is 2.89. The topological polar surface area (TPSA) is 96.2 Å². The van der Waals surface area contributed by atoms with Crippen molar-refractivity contribution in [2.75, 3.05) is 20.2 Å². The standard InChI is InChI=1S/C12H16N2O5/c1-3-4-10-13-5-6-14(10,8-11(15)16)7-9(19-2)12(17)18/h3,5-6,9H,1,4,7-8H2,2H3,(H-,15,16,17,18)/p+1. The molecule has 0 bridgehead atoms. The number of aliphatic carboxylic acids is 2. The molecule has 0 aromatic carbocycles. The van der Waals surface area contributed by atoms with Gasteiger partial charge in [0.15, 0.2) is 6.54 Å². The molecular weight excluding hydrogens is 252 g/mol. The van der Waals surface area contributed by atoms with Crippen molar-refractivity contribution in [3.63, 3.8) is 0 Å². The van der Waals surface area contributed by atoms with Crippen molar-refractivity contribution in [2.24, 2.45) is 4.99 Å². The first-order valence-corrected chi connectivity index (χ1v) is 5.65. The molecule has 2 atom stereocenters. The van der Waals surface area contributed by atoms with E-state index in [2.05, 4.69) is 11.6 Å². The Morgan fingerprint density at radius 3 is 2.74 bits per heavy atom. The molecule has 0 aromatic heterocycles. The molecule has 0 saturated carbocycles. The van der Waals surface area contributed by atoms with Crippen LogP contribution in [0.4, 0.5) is 0 Å². The number of ether oxygens (including phenoxy) is 1. The van der Waals surface area contributed by atoms with Crippen molar-refractivity contribution in [1.82, 2.24) is 0 Å². The van der Waals surface area contributed by atoms with Crippen LogP contribution in [0.25, 0.3) is 0 Å². The molecule has 2 N–H and O–H groups in total. The summed E-state index contributed by atoms with van der Waals surface area (Å²) in [6.07, 6.45) is 3.94. The molecule has 7 heteroatoms. The highest BCUT2D eigenvalue weighted by atomic mass is 16.5. The van der Waals surface area contributed by atoms with Gasteiger partial charge in [0.25, 0.3) is 0 Å². The molecule has 0 fully saturated rings. The molecule has 0 aliphatic carbocycles. The predicted molar refractivity (Wildman–Crippen MR) is 67.5 cm³/mol. The Morgan fingerprint density at radius 1 is 1.58 bits per heavy atom. The molecule has 104 valence electrons. The summed E-state index contributed by atoms with van der Waals surface area (Å²) in [6, 6.07) is 0. The lowest BCUT2D eigenvalue weighted by Crippen LogP contribution is -2.55. The fourth-order valence-corrected chi connectivity index (χ4v) is 1.98. The van der Waals surface area contributed by atoms with E-state index in [1.54, 1.807) is 12.3 Å². The second kappa shape index (κ2) is 6.26. The third kappa shape index (κ3) is 3.49. The Morgan fingerprint density at radius 2 is 2.26 bits per heavy atom. The molecule has 1 heterocycles. The molecule has 1 aliphatic rings. The average molecular weight is 269 g/mol. The molecule has 0 amide bonds. The number of carboxylic acids is 2. The lowest BCUT2D eigenvalue weighted by Gasteiger charge is -2.32. The molecular formula is C12H17N2O5+. The molecule has 1 rings (SSSR count). The maximum atomic E-state index is 11.0. The fraction of sp³-hybridized carbons (Fsp3) is 0.417. The number of hydrogen-bond acceptors (Lipinski definition) is 4. The van der Waals surface area contributed by atoms with Crippen LogP contribution in [0.3, 0.4) is 0 Å². The Kier molecular flexibility index (Phi) is 4.96. The number of aliphatic imine (C=N–C) groups is 1. The second-order valence-electron chi connectivity index (χ2n) is 4.17. The SMILES string of the molecule is C=CCC1=NC=C[N+]1(CC(=O)O)CC(OC)C(=O)O. The number of methoxy groups -OCH3 is 1. The van der Waals surface area contributed by atoms with Gasteiger partial charge in [-0.05, 0) is 0 Å². The van der Waals surface area contributed by atoms with Crippen LogP contribution in [0, 0.1) is 0 Å². The van der Waals surface area contributed by atoms with E-state index in [4.69, 9.17) is 14.9 Å². The largest absolute Gasteiger partial charge is 0.479 e. The number of carboxylic acid groups (broad SMARTS) is 2. The molecule has 1 aliphatic heterocycles. The quantitative estimate of drug-likeness (QED) is 0.492. The van der Waals surface area contributed by atoms with Crippen LogP contribution in [-0.4, -0.2) is 58.8 Å². The summed E-state index contributed by atoms with van der Waals surface area (Å²) >= 11 is 0. The van der Waals surface area contributed by atoms with E-state index in [-0.39, 0.29) is 17.6 Å².